The molecule has 0 saturated heterocycles. The van der Waals surface area contributed by atoms with Gasteiger partial charge in [-0.1, -0.05) is 6.42 Å². The molecule has 2 atom stereocenters. The highest BCUT2D eigenvalue weighted by Crippen LogP contribution is 2.20. The average Bonchev–Trinajstić information content (AvgIpc) is 2.61. The molecule has 2 rings (SSSR count). The second-order valence-electron chi connectivity index (χ2n) is 6.57. The van der Waals surface area contributed by atoms with Gasteiger partial charge < -0.3 is 26.5 Å². The molecule has 6 N–H and O–H groups in total. The summed E-state index contributed by atoms with van der Waals surface area (Å²) in [5, 5.41) is 6.09. The summed E-state index contributed by atoms with van der Waals surface area (Å²) < 4.78 is 5.17. The topological polar surface area (TPSA) is 140 Å². The number of carbonyl (C=O) groups excluding carboxylic acids is 2. The minimum absolute atomic E-state index is 0.380. The summed E-state index contributed by atoms with van der Waals surface area (Å²) in [6, 6.07) is 5.02. The fourth-order valence-corrected chi connectivity index (χ4v) is 2.68. The molecule has 0 aliphatic rings. The monoisotopic (exact) mass is 374 g/mol. The van der Waals surface area contributed by atoms with E-state index in [4.69, 9.17) is 15.9 Å². The Labute approximate surface area is 157 Å². The Morgan fingerprint density at radius 3 is 2.63 bits per heavy atom. The van der Waals surface area contributed by atoms with Gasteiger partial charge >= 0.3 is 5.63 Å². The van der Waals surface area contributed by atoms with Crippen molar-refractivity contribution in [1.82, 2.24) is 5.32 Å². The molecule has 146 valence electrons. The molecule has 8 nitrogen and oxygen atoms in total. The molecule has 0 unspecified atom stereocenters. The quantitative estimate of drug-likeness (QED) is 0.401. The van der Waals surface area contributed by atoms with Crippen molar-refractivity contribution in [3.8, 4) is 0 Å². The number of anilines is 1. The molecule has 2 amide bonds. The van der Waals surface area contributed by atoms with Crippen LogP contribution in [0.15, 0.2) is 33.5 Å². The number of carbonyl (C=O) groups is 2. The van der Waals surface area contributed by atoms with Gasteiger partial charge in [-0.3, -0.25) is 9.59 Å². The number of nitrogens with one attached hydrogen (secondary N) is 2. The van der Waals surface area contributed by atoms with E-state index in [0.29, 0.717) is 24.2 Å². The molecule has 0 aliphatic carbocycles. The van der Waals surface area contributed by atoms with Gasteiger partial charge in [-0.25, -0.2) is 4.79 Å². The van der Waals surface area contributed by atoms with Crippen LogP contribution in [0.3, 0.4) is 0 Å². The normalized spacial score (nSPS) is 13.2. The van der Waals surface area contributed by atoms with Gasteiger partial charge in [0.05, 0.1) is 6.04 Å². The lowest BCUT2D eigenvalue weighted by atomic mass is 10.1. The van der Waals surface area contributed by atoms with Crippen molar-refractivity contribution < 1.29 is 14.0 Å². The van der Waals surface area contributed by atoms with Crippen LogP contribution < -0.4 is 27.7 Å². The zero-order valence-electron chi connectivity index (χ0n) is 15.6. The molecule has 1 heterocycles. The highest BCUT2D eigenvalue weighted by atomic mass is 16.4. The van der Waals surface area contributed by atoms with Crippen molar-refractivity contribution in [3.63, 3.8) is 0 Å². The number of rotatable bonds is 8. The van der Waals surface area contributed by atoms with Gasteiger partial charge in [0.15, 0.2) is 0 Å². The fraction of sp³-hybridized carbons (Fsp3) is 0.421. The molecule has 1 aromatic heterocycles. The fourth-order valence-electron chi connectivity index (χ4n) is 2.68. The molecule has 0 bridgehead atoms. The van der Waals surface area contributed by atoms with Crippen LogP contribution in [0.1, 0.15) is 31.7 Å². The van der Waals surface area contributed by atoms with E-state index in [1.165, 1.54) is 6.07 Å². The van der Waals surface area contributed by atoms with Gasteiger partial charge in [0.2, 0.25) is 11.8 Å². The third-order valence-corrected chi connectivity index (χ3v) is 4.28. The first-order chi connectivity index (χ1) is 12.8. The van der Waals surface area contributed by atoms with Gasteiger partial charge in [-0.05, 0) is 50.9 Å². The average molecular weight is 374 g/mol. The van der Waals surface area contributed by atoms with Gasteiger partial charge in [0.1, 0.15) is 11.6 Å². The molecule has 0 aliphatic heterocycles. The van der Waals surface area contributed by atoms with Crippen molar-refractivity contribution in [2.24, 2.45) is 11.5 Å². The summed E-state index contributed by atoms with van der Waals surface area (Å²) >= 11 is 0. The predicted octanol–water partition coefficient (Wildman–Crippen LogP) is 1.00. The number of aryl methyl sites for hydroxylation is 1. The maximum absolute atomic E-state index is 12.3. The second kappa shape index (κ2) is 9.29. The second-order valence-corrected chi connectivity index (χ2v) is 6.57. The molecule has 27 heavy (non-hydrogen) atoms. The summed E-state index contributed by atoms with van der Waals surface area (Å²) in [5.41, 5.74) is 12.4. The lowest BCUT2D eigenvalue weighted by Gasteiger charge is -2.17. The minimum Gasteiger partial charge on any atom is -0.423 e. The molecule has 0 saturated carbocycles. The van der Waals surface area contributed by atoms with E-state index in [1.807, 2.05) is 6.92 Å². The minimum atomic E-state index is -0.765. The van der Waals surface area contributed by atoms with Gasteiger partial charge in [0.25, 0.3) is 0 Å². The standard InChI is InChI=1S/C19H26N4O4/c1-11-9-17(24)27-16-10-13(6-7-14(11)16)23-18(25)12(2)22-19(26)15(21)5-3-4-8-20/h6-7,9-10,12,15H,3-5,8,20-21H2,1-2H3,(H,22,26)(H,23,25)/t12-,15-/m1/s1. The van der Waals surface area contributed by atoms with E-state index < -0.39 is 23.6 Å². The van der Waals surface area contributed by atoms with Gasteiger partial charge in [0, 0.05) is 23.2 Å². The lowest BCUT2D eigenvalue weighted by Crippen LogP contribution is -2.48. The maximum atomic E-state index is 12.3. The van der Waals surface area contributed by atoms with E-state index in [9.17, 15) is 14.4 Å². The Morgan fingerprint density at radius 1 is 1.19 bits per heavy atom. The van der Waals surface area contributed by atoms with Crippen LogP contribution in [0.2, 0.25) is 0 Å². The van der Waals surface area contributed by atoms with Gasteiger partial charge in [-0.2, -0.15) is 0 Å². The molecule has 2 aromatic rings. The summed E-state index contributed by atoms with van der Waals surface area (Å²) in [4.78, 5) is 35.9. The molecule has 0 radical (unpaired) electrons. The Balaban J connectivity index is 1.98. The Hall–Kier alpha value is -2.71. The lowest BCUT2D eigenvalue weighted by molar-refractivity contribution is -0.127. The van der Waals surface area contributed by atoms with Crippen molar-refractivity contribution in [2.75, 3.05) is 11.9 Å². The van der Waals surface area contributed by atoms with Crippen LogP contribution in [0, 0.1) is 6.92 Å². The number of unbranched alkanes of at least 4 members (excludes halogenated alkanes) is 1. The van der Waals surface area contributed by atoms with Crippen molar-refractivity contribution >= 4 is 28.5 Å². The van der Waals surface area contributed by atoms with Crippen LogP contribution in [0.4, 0.5) is 5.69 Å². The van der Waals surface area contributed by atoms with Crippen LogP contribution in [0.25, 0.3) is 11.0 Å². The summed E-state index contributed by atoms with van der Waals surface area (Å²) in [6.07, 6.45) is 2.07. The highest BCUT2D eigenvalue weighted by molar-refractivity contribution is 5.98. The molecule has 8 heteroatoms. The third kappa shape index (κ3) is 5.63. The molecular formula is C19H26N4O4. The van der Waals surface area contributed by atoms with Crippen molar-refractivity contribution in [1.29, 1.82) is 0 Å². The first kappa shape index (κ1) is 20.6. The van der Waals surface area contributed by atoms with E-state index in [-0.39, 0.29) is 5.91 Å². The number of hydrogen-bond donors (Lipinski definition) is 4. The zero-order chi connectivity index (χ0) is 20.0. The Kier molecular flexibility index (Phi) is 7.09. The summed E-state index contributed by atoms with van der Waals surface area (Å²) in [7, 11) is 0. The summed E-state index contributed by atoms with van der Waals surface area (Å²) in [6.45, 7) is 3.94. The highest BCUT2D eigenvalue weighted by Gasteiger charge is 2.20. The number of benzene rings is 1. The van der Waals surface area contributed by atoms with Crippen molar-refractivity contribution in [3.05, 3.63) is 40.2 Å². The van der Waals surface area contributed by atoms with E-state index >= 15 is 0 Å². The Bertz CT molecular complexity index is 878. The smallest absolute Gasteiger partial charge is 0.336 e. The molecule has 1 aromatic carbocycles. The van der Waals surface area contributed by atoms with Crippen LogP contribution in [0.5, 0.6) is 0 Å². The molecule has 0 spiro atoms. The maximum Gasteiger partial charge on any atom is 0.336 e. The number of nitrogens with two attached hydrogens (primary N) is 2. The summed E-state index contributed by atoms with van der Waals surface area (Å²) in [5.74, 6) is -0.776. The SMILES string of the molecule is Cc1cc(=O)oc2cc(NC(=O)[C@@H](C)NC(=O)[C@H](N)CCCCN)ccc12. The largest absolute Gasteiger partial charge is 0.423 e. The van der Waals surface area contributed by atoms with Gasteiger partial charge in [-0.15, -0.1) is 0 Å². The third-order valence-electron chi connectivity index (χ3n) is 4.28. The van der Waals surface area contributed by atoms with Crippen LogP contribution in [-0.4, -0.2) is 30.4 Å². The van der Waals surface area contributed by atoms with Crippen LogP contribution in [-0.2, 0) is 9.59 Å². The molecule has 0 fully saturated rings. The first-order valence-corrected chi connectivity index (χ1v) is 8.93. The van der Waals surface area contributed by atoms with Crippen LogP contribution >= 0.6 is 0 Å². The van der Waals surface area contributed by atoms with E-state index in [1.54, 1.807) is 25.1 Å². The number of hydrogen-bond acceptors (Lipinski definition) is 6. The Morgan fingerprint density at radius 2 is 1.93 bits per heavy atom. The molecular weight excluding hydrogens is 348 g/mol. The van der Waals surface area contributed by atoms with E-state index in [2.05, 4.69) is 10.6 Å². The van der Waals surface area contributed by atoms with E-state index in [0.717, 1.165) is 23.8 Å². The van der Waals surface area contributed by atoms with Crippen molar-refractivity contribution in [2.45, 2.75) is 45.2 Å². The number of amides is 2. The number of fused-ring (bicyclic) bond motifs is 1. The first-order valence-electron chi connectivity index (χ1n) is 8.93. The zero-order valence-corrected chi connectivity index (χ0v) is 15.6. The predicted molar refractivity (Wildman–Crippen MR) is 104 cm³/mol.